The quantitative estimate of drug-likeness (QED) is 0.913. The van der Waals surface area contributed by atoms with Crippen LogP contribution < -0.4 is 5.32 Å². The summed E-state index contributed by atoms with van der Waals surface area (Å²) in [5.74, 6) is 3.65. The average Bonchev–Trinajstić information content (AvgIpc) is 2.93. The summed E-state index contributed by atoms with van der Waals surface area (Å²) in [6.07, 6.45) is 4.09. The number of hydrogen-bond acceptors (Lipinski definition) is 2. The van der Waals surface area contributed by atoms with Crippen molar-refractivity contribution in [2.75, 3.05) is 0 Å². The normalized spacial score (nSPS) is 36.2. The van der Waals surface area contributed by atoms with Crippen LogP contribution in [-0.4, -0.2) is 5.91 Å². The van der Waals surface area contributed by atoms with Crippen molar-refractivity contribution in [2.45, 2.75) is 25.8 Å². The van der Waals surface area contributed by atoms with Gasteiger partial charge in [-0.15, -0.1) is 0 Å². The minimum Gasteiger partial charge on any atom is -0.352 e. The highest BCUT2D eigenvalue weighted by atomic mass is 16.2. The van der Waals surface area contributed by atoms with Gasteiger partial charge in [-0.2, -0.15) is 5.26 Å². The molecule has 3 heteroatoms. The summed E-state index contributed by atoms with van der Waals surface area (Å²) in [6, 6.07) is 9.53. The van der Waals surface area contributed by atoms with Crippen molar-refractivity contribution in [2.24, 2.45) is 29.6 Å². The highest BCUT2D eigenvalue weighted by molar-refractivity contribution is 5.82. The van der Waals surface area contributed by atoms with Crippen LogP contribution in [0.5, 0.6) is 0 Å². The van der Waals surface area contributed by atoms with Gasteiger partial charge in [0, 0.05) is 12.5 Å². The van der Waals surface area contributed by atoms with Crippen LogP contribution in [-0.2, 0) is 11.3 Å². The van der Waals surface area contributed by atoms with E-state index in [1.165, 1.54) is 19.3 Å². The van der Waals surface area contributed by atoms with E-state index in [-0.39, 0.29) is 5.91 Å². The van der Waals surface area contributed by atoms with Crippen molar-refractivity contribution >= 4 is 5.91 Å². The predicted octanol–water partition coefficient (Wildman–Crippen LogP) is 2.47. The molecular weight excluding hydrogens is 248 g/mol. The maximum Gasteiger partial charge on any atom is 0.223 e. The lowest BCUT2D eigenvalue weighted by Crippen LogP contribution is -2.27. The first-order chi connectivity index (χ1) is 9.78. The number of nitrogens with zero attached hydrogens (tertiary/aromatic N) is 1. The van der Waals surface area contributed by atoms with Gasteiger partial charge < -0.3 is 5.32 Å². The molecule has 102 valence electrons. The SMILES string of the molecule is N#Cc1ccc(CNC(=O)C2C3C4CCC(C4)C23)cc1. The molecule has 0 spiro atoms. The first kappa shape index (κ1) is 12.0. The second kappa shape index (κ2) is 4.34. The number of hydrogen-bond donors (Lipinski definition) is 1. The van der Waals surface area contributed by atoms with Gasteiger partial charge in [0.2, 0.25) is 5.91 Å². The van der Waals surface area contributed by atoms with Crippen LogP contribution in [0.15, 0.2) is 24.3 Å². The highest BCUT2D eigenvalue weighted by Crippen LogP contribution is 2.69. The van der Waals surface area contributed by atoms with E-state index in [4.69, 9.17) is 5.26 Å². The largest absolute Gasteiger partial charge is 0.352 e. The van der Waals surface area contributed by atoms with Crippen LogP contribution in [0.25, 0.3) is 0 Å². The summed E-state index contributed by atoms with van der Waals surface area (Å²) < 4.78 is 0. The fraction of sp³-hybridized carbons (Fsp3) is 0.529. The summed E-state index contributed by atoms with van der Waals surface area (Å²) in [6.45, 7) is 0.579. The molecule has 0 radical (unpaired) electrons. The van der Waals surface area contributed by atoms with Gasteiger partial charge in [0.05, 0.1) is 11.6 Å². The van der Waals surface area contributed by atoms with Crippen LogP contribution in [0.3, 0.4) is 0 Å². The van der Waals surface area contributed by atoms with Crippen molar-refractivity contribution in [1.82, 2.24) is 5.32 Å². The van der Waals surface area contributed by atoms with Crippen molar-refractivity contribution in [3.05, 3.63) is 35.4 Å². The molecule has 4 rings (SSSR count). The lowest BCUT2D eigenvalue weighted by Gasteiger charge is -2.09. The number of fused-ring (bicyclic) bond motifs is 5. The molecule has 1 amide bonds. The summed E-state index contributed by atoms with van der Waals surface area (Å²) in [5.41, 5.74) is 1.72. The van der Waals surface area contributed by atoms with Gasteiger partial charge in [-0.05, 0) is 60.6 Å². The first-order valence-corrected chi connectivity index (χ1v) is 7.54. The Balaban J connectivity index is 1.34. The number of benzene rings is 1. The Bertz CT molecular complexity index is 570. The minimum atomic E-state index is 0.251. The molecular formula is C17H18N2O. The summed E-state index contributed by atoms with van der Waals surface area (Å²) in [7, 11) is 0. The van der Waals surface area contributed by atoms with Crippen LogP contribution >= 0.6 is 0 Å². The number of rotatable bonds is 3. The molecule has 0 aromatic heterocycles. The molecule has 2 bridgehead atoms. The van der Waals surface area contributed by atoms with Gasteiger partial charge in [0.25, 0.3) is 0 Å². The Morgan fingerprint density at radius 1 is 1.20 bits per heavy atom. The molecule has 3 aliphatic carbocycles. The highest BCUT2D eigenvalue weighted by Gasteiger charge is 2.67. The molecule has 20 heavy (non-hydrogen) atoms. The molecule has 3 fully saturated rings. The Kier molecular flexibility index (Phi) is 2.60. The average molecular weight is 266 g/mol. The van der Waals surface area contributed by atoms with E-state index in [1.807, 2.05) is 12.1 Å². The van der Waals surface area contributed by atoms with Crippen LogP contribution in [0.2, 0.25) is 0 Å². The van der Waals surface area contributed by atoms with Crippen molar-refractivity contribution in [3.8, 4) is 6.07 Å². The number of carbonyl (C=O) groups excluding carboxylic acids is 1. The van der Waals surface area contributed by atoms with E-state index in [0.29, 0.717) is 29.9 Å². The maximum atomic E-state index is 12.3. The molecule has 3 saturated carbocycles. The second-order valence-electron chi connectivity index (χ2n) is 6.54. The summed E-state index contributed by atoms with van der Waals surface area (Å²) >= 11 is 0. The first-order valence-electron chi connectivity index (χ1n) is 7.54. The molecule has 1 aromatic carbocycles. The summed E-state index contributed by atoms with van der Waals surface area (Å²) in [5, 5.41) is 11.8. The van der Waals surface area contributed by atoms with E-state index in [9.17, 15) is 4.79 Å². The third-order valence-electron chi connectivity index (χ3n) is 5.59. The zero-order valence-corrected chi connectivity index (χ0v) is 11.4. The van der Waals surface area contributed by atoms with E-state index in [2.05, 4.69) is 11.4 Å². The number of carbonyl (C=O) groups is 1. The molecule has 3 aliphatic rings. The predicted molar refractivity (Wildman–Crippen MR) is 74.3 cm³/mol. The number of amides is 1. The van der Waals surface area contributed by atoms with E-state index < -0.39 is 0 Å². The zero-order chi connectivity index (χ0) is 13.7. The minimum absolute atomic E-state index is 0.251. The van der Waals surface area contributed by atoms with Crippen molar-refractivity contribution in [1.29, 1.82) is 5.26 Å². The third-order valence-corrected chi connectivity index (χ3v) is 5.59. The fourth-order valence-electron chi connectivity index (χ4n) is 4.68. The van der Waals surface area contributed by atoms with Gasteiger partial charge in [-0.25, -0.2) is 0 Å². The molecule has 1 aromatic rings. The van der Waals surface area contributed by atoms with Gasteiger partial charge in [-0.1, -0.05) is 12.1 Å². The smallest absolute Gasteiger partial charge is 0.223 e. The van der Waals surface area contributed by atoms with Gasteiger partial charge in [0.1, 0.15) is 0 Å². The fourth-order valence-corrected chi connectivity index (χ4v) is 4.68. The number of nitriles is 1. The van der Waals surface area contributed by atoms with E-state index in [0.717, 1.165) is 17.4 Å². The van der Waals surface area contributed by atoms with Crippen molar-refractivity contribution < 1.29 is 4.79 Å². The van der Waals surface area contributed by atoms with Gasteiger partial charge in [-0.3, -0.25) is 4.79 Å². The second-order valence-corrected chi connectivity index (χ2v) is 6.54. The Morgan fingerprint density at radius 2 is 1.85 bits per heavy atom. The maximum absolute atomic E-state index is 12.3. The molecule has 4 atom stereocenters. The topological polar surface area (TPSA) is 52.9 Å². The Labute approximate surface area is 119 Å². The molecule has 0 heterocycles. The molecule has 3 nitrogen and oxygen atoms in total. The standard InChI is InChI=1S/C17H18N2O/c18-8-10-1-3-11(4-2-10)9-19-17(20)16-14-12-5-6-13(7-12)15(14)16/h1-4,12-16H,5-7,9H2,(H,19,20). The Hall–Kier alpha value is -1.82. The number of nitrogens with one attached hydrogen (secondary N) is 1. The molecule has 1 N–H and O–H groups in total. The van der Waals surface area contributed by atoms with Crippen LogP contribution in [0.4, 0.5) is 0 Å². The summed E-state index contributed by atoms with van der Waals surface area (Å²) in [4.78, 5) is 12.3. The lowest BCUT2D eigenvalue weighted by atomic mass is 10.0. The van der Waals surface area contributed by atoms with E-state index in [1.54, 1.807) is 12.1 Å². The lowest BCUT2D eigenvalue weighted by molar-refractivity contribution is -0.123. The van der Waals surface area contributed by atoms with E-state index >= 15 is 0 Å². The van der Waals surface area contributed by atoms with Crippen LogP contribution in [0.1, 0.15) is 30.4 Å². The molecule has 0 saturated heterocycles. The van der Waals surface area contributed by atoms with Crippen molar-refractivity contribution in [3.63, 3.8) is 0 Å². The van der Waals surface area contributed by atoms with Crippen LogP contribution in [0, 0.1) is 40.9 Å². The molecule has 4 unspecified atom stereocenters. The zero-order valence-electron chi connectivity index (χ0n) is 11.4. The molecule has 0 aliphatic heterocycles. The van der Waals surface area contributed by atoms with Gasteiger partial charge in [0.15, 0.2) is 0 Å². The third kappa shape index (κ3) is 1.75. The van der Waals surface area contributed by atoms with Gasteiger partial charge >= 0.3 is 0 Å². The monoisotopic (exact) mass is 266 g/mol. The Morgan fingerprint density at radius 3 is 2.45 bits per heavy atom.